The average molecular weight is 421 g/mol. The van der Waals surface area contributed by atoms with Crippen LogP contribution in [0.5, 0.6) is 0 Å². The summed E-state index contributed by atoms with van der Waals surface area (Å²) in [4.78, 5) is 52.6. The quantitative estimate of drug-likeness (QED) is 0.588. The second-order valence-electron chi connectivity index (χ2n) is 7.92. The van der Waals surface area contributed by atoms with Crippen molar-refractivity contribution in [3.05, 3.63) is 65.7 Å². The summed E-state index contributed by atoms with van der Waals surface area (Å²) < 4.78 is 5.11. The van der Waals surface area contributed by atoms with E-state index in [1.54, 1.807) is 42.2 Å². The van der Waals surface area contributed by atoms with Gasteiger partial charge in [0.05, 0.1) is 0 Å². The van der Waals surface area contributed by atoms with E-state index < -0.39 is 36.6 Å². The molecule has 2 aromatic carbocycles. The minimum absolute atomic E-state index is 0.0406. The van der Waals surface area contributed by atoms with Gasteiger partial charge >= 0.3 is 12.0 Å². The number of amides is 4. The van der Waals surface area contributed by atoms with Crippen molar-refractivity contribution in [1.82, 2.24) is 10.2 Å². The zero-order valence-corrected chi connectivity index (χ0v) is 17.3. The van der Waals surface area contributed by atoms with Crippen LogP contribution in [0.15, 0.2) is 54.6 Å². The van der Waals surface area contributed by atoms with Gasteiger partial charge in [-0.3, -0.25) is 19.3 Å². The molecule has 0 aromatic heterocycles. The number of imide groups is 1. The number of rotatable bonds is 5. The van der Waals surface area contributed by atoms with Gasteiger partial charge in [-0.15, -0.1) is 0 Å². The van der Waals surface area contributed by atoms with Gasteiger partial charge in [-0.1, -0.05) is 48.5 Å². The Morgan fingerprint density at radius 2 is 1.77 bits per heavy atom. The zero-order valence-electron chi connectivity index (χ0n) is 17.3. The molecule has 160 valence electrons. The number of urea groups is 1. The third-order valence-corrected chi connectivity index (χ3v) is 5.75. The predicted octanol–water partition coefficient (Wildman–Crippen LogP) is 1.97. The number of para-hydroxylation sites is 1. The summed E-state index contributed by atoms with van der Waals surface area (Å²) >= 11 is 0. The lowest BCUT2D eigenvalue weighted by atomic mass is 9.92. The van der Waals surface area contributed by atoms with Crippen molar-refractivity contribution in [2.75, 3.05) is 18.1 Å². The number of fused-ring (bicyclic) bond motifs is 1. The fraction of sp³-hybridized carbons (Fsp3) is 0.304. The molecule has 0 bridgehead atoms. The number of nitrogens with zero attached hydrogens (tertiary/aromatic N) is 2. The summed E-state index contributed by atoms with van der Waals surface area (Å²) in [5.41, 5.74) is 1.22. The highest BCUT2D eigenvalue weighted by Gasteiger charge is 2.49. The number of esters is 1. The summed E-state index contributed by atoms with van der Waals surface area (Å²) in [6.07, 6.45) is 0.733. The Morgan fingerprint density at radius 3 is 2.52 bits per heavy atom. The van der Waals surface area contributed by atoms with Gasteiger partial charge in [0.2, 0.25) is 0 Å². The van der Waals surface area contributed by atoms with Crippen molar-refractivity contribution in [3.63, 3.8) is 0 Å². The maximum absolute atomic E-state index is 12.9. The molecule has 1 fully saturated rings. The van der Waals surface area contributed by atoms with Gasteiger partial charge in [-0.05, 0) is 37.5 Å². The summed E-state index contributed by atoms with van der Waals surface area (Å²) in [5.74, 6) is -1.72. The second-order valence-corrected chi connectivity index (χ2v) is 7.92. The van der Waals surface area contributed by atoms with Gasteiger partial charge in [-0.25, -0.2) is 4.79 Å². The number of nitrogens with one attached hydrogen (secondary N) is 1. The first-order valence-corrected chi connectivity index (χ1v) is 10.1. The summed E-state index contributed by atoms with van der Waals surface area (Å²) in [6.45, 7) is 2.49. The van der Waals surface area contributed by atoms with Crippen LogP contribution in [0.3, 0.4) is 0 Å². The molecule has 0 aliphatic carbocycles. The third kappa shape index (κ3) is 3.65. The maximum Gasteiger partial charge on any atom is 0.326 e. The minimum atomic E-state index is -1.26. The molecule has 0 unspecified atom stereocenters. The van der Waals surface area contributed by atoms with Crippen LogP contribution in [0.2, 0.25) is 0 Å². The van der Waals surface area contributed by atoms with E-state index in [4.69, 9.17) is 4.74 Å². The van der Waals surface area contributed by atoms with Crippen LogP contribution in [-0.4, -0.2) is 47.9 Å². The molecule has 2 atom stereocenters. The van der Waals surface area contributed by atoms with Gasteiger partial charge in [0.1, 0.15) is 12.1 Å². The summed E-state index contributed by atoms with van der Waals surface area (Å²) in [6, 6.07) is 15.7. The summed E-state index contributed by atoms with van der Waals surface area (Å²) in [5, 5.41) is 2.63. The van der Waals surface area contributed by atoms with Crippen LogP contribution in [-0.2, 0) is 31.1 Å². The minimum Gasteiger partial charge on any atom is -0.454 e. The molecule has 31 heavy (non-hydrogen) atoms. The number of hydrogen-bond acceptors (Lipinski definition) is 5. The Kier molecular flexibility index (Phi) is 5.22. The van der Waals surface area contributed by atoms with Crippen molar-refractivity contribution in [1.29, 1.82) is 0 Å². The van der Waals surface area contributed by atoms with E-state index in [-0.39, 0.29) is 11.9 Å². The molecule has 0 radical (unpaired) electrons. The number of carbonyl (C=O) groups is 4. The molecule has 4 rings (SSSR count). The molecule has 0 saturated carbocycles. The van der Waals surface area contributed by atoms with E-state index in [1.165, 1.54) is 0 Å². The predicted molar refractivity (Wildman–Crippen MR) is 112 cm³/mol. The molecule has 2 aliphatic heterocycles. The normalized spacial score (nSPS) is 22.3. The van der Waals surface area contributed by atoms with E-state index in [0.717, 1.165) is 22.6 Å². The van der Waals surface area contributed by atoms with Crippen LogP contribution in [0.25, 0.3) is 0 Å². The smallest absolute Gasteiger partial charge is 0.326 e. The largest absolute Gasteiger partial charge is 0.454 e. The van der Waals surface area contributed by atoms with Gasteiger partial charge in [-0.2, -0.15) is 0 Å². The first-order valence-electron chi connectivity index (χ1n) is 10.1. The Bertz CT molecular complexity index is 1050. The monoisotopic (exact) mass is 421 g/mol. The average Bonchev–Trinajstić information content (AvgIpc) is 3.21. The molecule has 8 nitrogen and oxygen atoms in total. The number of anilines is 1. The first kappa shape index (κ1) is 20.6. The highest BCUT2D eigenvalue weighted by atomic mass is 16.5. The fourth-order valence-corrected chi connectivity index (χ4v) is 4.14. The Hall–Kier alpha value is -3.68. The van der Waals surface area contributed by atoms with Crippen molar-refractivity contribution in [2.24, 2.45) is 0 Å². The molecule has 4 amide bonds. The highest BCUT2D eigenvalue weighted by Crippen LogP contribution is 2.32. The molecule has 2 heterocycles. The van der Waals surface area contributed by atoms with Crippen LogP contribution in [0, 0.1) is 0 Å². The Balaban J connectivity index is 1.38. The molecule has 2 aromatic rings. The second kappa shape index (κ2) is 7.86. The standard InChI is InChI=1S/C23H23N3O5/c1-15-12-16-8-6-7-11-18(16)26(15)19(27)14-31-20(28)13-25-21(29)23(2,24-22(25)30)17-9-4-3-5-10-17/h3-11,15H,12-14H2,1-2H3,(H,24,30)/t15-,23-/m1/s1. The molecule has 0 spiro atoms. The van der Waals surface area contributed by atoms with Gasteiger partial charge in [0.15, 0.2) is 6.61 Å². The number of benzene rings is 2. The Labute approximate surface area is 179 Å². The summed E-state index contributed by atoms with van der Waals surface area (Å²) in [7, 11) is 0. The van der Waals surface area contributed by atoms with Crippen LogP contribution in [0.4, 0.5) is 10.5 Å². The topological polar surface area (TPSA) is 96.0 Å². The molecule has 1 saturated heterocycles. The number of hydrogen-bond donors (Lipinski definition) is 1. The van der Waals surface area contributed by atoms with E-state index >= 15 is 0 Å². The lowest BCUT2D eigenvalue weighted by Crippen LogP contribution is -2.42. The highest BCUT2D eigenvalue weighted by molar-refractivity contribution is 6.09. The lowest BCUT2D eigenvalue weighted by molar-refractivity contribution is -0.150. The van der Waals surface area contributed by atoms with E-state index in [0.29, 0.717) is 5.56 Å². The van der Waals surface area contributed by atoms with E-state index in [2.05, 4.69) is 5.32 Å². The van der Waals surface area contributed by atoms with Gasteiger partial charge < -0.3 is 15.0 Å². The zero-order chi connectivity index (χ0) is 22.2. The first-order chi connectivity index (χ1) is 14.8. The van der Waals surface area contributed by atoms with Crippen molar-refractivity contribution < 1.29 is 23.9 Å². The molecular formula is C23H23N3O5. The fourth-order valence-electron chi connectivity index (χ4n) is 4.14. The molecule has 1 N–H and O–H groups in total. The molecule has 2 aliphatic rings. The lowest BCUT2D eigenvalue weighted by Gasteiger charge is -2.23. The molecular weight excluding hydrogens is 398 g/mol. The molecule has 8 heteroatoms. The van der Waals surface area contributed by atoms with Crippen LogP contribution >= 0.6 is 0 Å². The maximum atomic E-state index is 12.9. The van der Waals surface area contributed by atoms with Crippen molar-refractivity contribution >= 4 is 29.5 Å². The van der Waals surface area contributed by atoms with Crippen molar-refractivity contribution in [2.45, 2.75) is 31.8 Å². The van der Waals surface area contributed by atoms with Crippen LogP contribution in [0.1, 0.15) is 25.0 Å². The number of ether oxygens (including phenoxy) is 1. The third-order valence-electron chi connectivity index (χ3n) is 5.75. The van der Waals surface area contributed by atoms with Gasteiger partial charge in [0.25, 0.3) is 11.8 Å². The SMILES string of the molecule is C[C@@H]1Cc2ccccc2N1C(=O)COC(=O)CN1C(=O)N[C@](C)(c2ccccc2)C1=O. The van der Waals surface area contributed by atoms with Gasteiger partial charge in [0, 0.05) is 11.7 Å². The Morgan fingerprint density at radius 1 is 1.10 bits per heavy atom. The van der Waals surface area contributed by atoms with Crippen molar-refractivity contribution in [3.8, 4) is 0 Å². The van der Waals surface area contributed by atoms with E-state index in [1.807, 2.05) is 31.2 Å². The van der Waals surface area contributed by atoms with E-state index in [9.17, 15) is 19.2 Å². The van der Waals surface area contributed by atoms with Crippen LogP contribution < -0.4 is 10.2 Å². The number of carbonyl (C=O) groups excluding carboxylic acids is 4.